The number of aromatic nitrogens is 2. The molecule has 0 atom stereocenters. The monoisotopic (exact) mass is 349 g/mol. The van der Waals surface area contributed by atoms with Crippen molar-refractivity contribution in [2.75, 3.05) is 20.7 Å². The quantitative estimate of drug-likeness (QED) is 0.710. The summed E-state index contributed by atoms with van der Waals surface area (Å²) in [5, 5.41) is 1.21. The van der Waals surface area contributed by atoms with Gasteiger partial charge in [0, 0.05) is 37.5 Å². The van der Waals surface area contributed by atoms with E-state index in [0.717, 1.165) is 31.5 Å². The first kappa shape index (κ1) is 16.6. The molecular formula is C21H23N3O2. The lowest BCUT2D eigenvalue weighted by atomic mass is 10.1. The Labute approximate surface area is 153 Å². The summed E-state index contributed by atoms with van der Waals surface area (Å²) in [7, 11) is 3.41. The Morgan fingerprint density at radius 3 is 2.96 bits per heavy atom. The van der Waals surface area contributed by atoms with Crippen LogP contribution in [-0.2, 0) is 19.4 Å². The number of aryl methyl sites for hydroxylation is 2. The van der Waals surface area contributed by atoms with Gasteiger partial charge in [0.05, 0.1) is 7.11 Å². The highest BCUT2D eigenvalue weighted by molar-refractivity contribution is 5.96. The number of nitrogens with zero attached hydrogens (tertiary/aromatic N) is 3. The molecule has 1 amide bonds. The molecule has 0 N–H and O–H groups in total. The number of rotatable bonds is 5. The fraction of sp³-hybridized carbons (Fsp3) is 0.333. The van der Waals surface area contributed by atoms with Gasteiger partial charge in [0.25, 0.3) is 5.91 Å². The van der Waals surface area contributed by atoms with Crippen LogP contribution < -0.4 is 4.74 Å². The lowest BCUT2D eigenvalue weighted by Crippen LogP contribution is -2.30. The molecule has 0 fully saturated rings. The molecule has 5 nitrogen and oxygen atoms in total. The number of fused-ring (bicyclic) bond motifs is 2. The summed E-state index contributed by atoms with van der Waals surface area (Å²) in [6.45, 7) is 1.37. The van der Waals surface area contributed by atoms with Crippen LogP contribution in [0.25, 0.3) is 10.9 Å². The van der Waals surface area contributed by atoms with Gasteiger partial charge in [-0.05, 0) is 48.4 Å². The maximum absolute atomic E-state index is 12.9. The third-order valence-corrected chi connectivity index (χ3v) is 5.14. The minimum absolute atomic E-state index is 0.0412. The number of amides is 1. The van der Waals surface area contributed by atoms with E-state index >= 15 is 0 Å². The van der Waals surface area contributed by atoms with Crippen molar-refractivity contribution in [1.29, 1.82) is 0 Å². The summed E-state index contributed by atoms with van der Waals surface area (Å²) in [5.74, 6) is 0.398. The lowest BCUT2D eigenvalue weighted by molar-refractivity contribution is 0.0786. The third-order valence-electron chi connectivity index (χ3n) is 5.14. The molecule has 1 aromatic carbocycles. The largest absolute Gasteiger partial charge is 0.480 e. The van der Waals surface area contributed by atoms with Crippen LogP contribution in [0.2, 0.25) is 0 Å². The number of carbonyl (C=O) groups is 1. The van der Waals surface area contributed by atoms with Gasteiger partial charge in [0.1, 0.15) is 5.56 Å². The van der Waals surface area contributed by atoms with E-state index in [1.807, 2.05) is 25.2 Å². The number of para-hydroxylation sites is 1. The van der Waals surface area contributed by atoms with Gasteiger partial charge in [-0.2, -0.15) is 0 Å². The van der Waals surface area contributed by atoms with Crippen LogP contribution >= 0.6 is 0 Å². The molecule has 0 saturated heterocycles. The number of ether oxygens (including phenoxy) is 1. The maximum atomic E-state index is 12.9. The van der Waals surface area contributed by atoms with E-state index in [1.165, 1.54) is 16.5 Å². The number of benzene rings is 1. The summed E-state index contributed by atoms with van der Waals surface area (Å²) in [4.78, 5) is 19.2. The number of carbonyl (C=O) groups excluding carboxylic acids is 1. The van der Waals surface area contributed by atoms with E-state index in [4.69, 9.17) is 4.74 Å². The first-order chi connectivity index (χ1) is 12.7. The number of likely N-dealkylation sites (N-methyl/N-ethyl adjacent to an activating group) is 1. The first-order valence-electron chi connectivity index (χ1n) is 9.03. The average molecular weight is 349 g/mol. The molecule has 0 aliphatic heterocycles. The molecule has 134 valence electrons. The van der Waals surface area contributed by atoms with Crippen molar-refractivity contribution < 1.29 is 9.53 Å². The van der Waals surface area contributed by atoms with E-state index in [1.54, 1.807) is 12.0 Å². The minimum Gasteiger partial charge on any atom is -0.480 e. The highest BCUT2D eigenvalue weighted by Crippen LogP contribution is 2.27. The summed E-state index contributed by atoms with van der Waals surface area (Å²) < 4.78 is 7.56. The number of hydrogen-bond donors (Lipinski definition) is 0. The molecule has 0 unspecified atom stereocenters. The Morgan fingerprint density at radius 2 is 2.12 bits per heavy atom. The molecule has 1 aliphatic carbocycles. The summed E-state index contributed by atoms with van der Waals surface area (Å²) in [6.07, 6.45) is 5.13. The van der Waals surface area contributed by atoms with E-state index in [0.29, 0.717) is 18.0 Å². The predicted molar refractivity (Wildman–Crippen MR) is 102 cm³/mol. The van der Waals surface area contributed by atoms with Crippen LogP contribution in [0.15, 0.2) is 42.6 Å². The molecule has 2 heterocycles. The van der Waals surface area contributed by atoms with Crippen molar-refractivity contribution in [3.05, 3.63) is 59.4 Å². The SMILES string of the molecule is COc1nc2c(cc1C(=O)N(C)CCn1ccc3ccccc31)CCC2. The molecule has 2 aromatic heterocycles. The number of methoxy groups -OCH3 is 1. The lowest BCUT2D eigenvalue weighted by Gasteiger charge is -2.19. The van der Waals surface area contributed by atoms with Crippen LogP contribution in [0.1, 0.15) is 28.0 Å². The highest BCUT2D eigenvalue weighted by Gasteiger charge is 2.23. The fourth-order valence-electron chi connectivity index (χ4n) is 3.66. The smallest absolute Gasteiger partial charge is 0.259 e. The van der Waals surface area contributed by atoms with Gasteiger partial charge >= 0.3 is 0 Å². The predicted octanol–water partition coefficient (Wildman–Crippen LogP) is 3.31. The highest BCUT2D eigenvalue weighted by atomic mass is 16.5. The van der Waals surface area contributed by atoms with Gasteiger partial charge in [-0.3, -0.25) is 4.79 Å². The molecule has 26 heavy (non-hydrogen) atoms. The van der Waals surface area contributed by atoms with E-state index in [2.05, 4.69) is 33.9 Å². The van der Waals surface area contributed by atoms with Crippen LogP contribution in [0.5, 0.6) is 5.88 Å². The second kappa shape index (κ2) is 6.83. The number of pyridine rings is 1. The second-order valence-corrected chi connectivity index (χ2v) is 6.80. The van der Waals surface area contributed by atoms with Gasteiger partial charge in [0.2, 0.25) is 5.88 Å². The summed E-state index contributed by atoms with van der Waals surface area (Å²) in [6, 6.07) is 12.3. The van der Waals surface area contributed by atoms with Crippen LogP contribution in [-0.4, -0.2) is 41.1 Å². The third kappa shape index (κ3) is 2.94. The standard InChI is InChI=1S/C21H23N3O2/c1-23(12-13-24-11-10-15-6-3-4-9-19(15)24)21(25)17-14-16-7-5-8-18(16)22-20(17)26-2/h3-4,6,9-11,14H,5,7-8,12-13H2,1-2H3. The molecule has 3 aromatic rings. The zero-order valence-electron chi connectivity index (χ0n) is 15.2. The molecule has 4 rings (SSSR count). The van der Waals surface area contributed by atoms with Crippen molar-refractivity contribution >= 4 is 16.8 Å². The molecular weight excluding hydrogens is 326 g/mol. The summed E-state index contributed by atoms with van der Waals surface area (Å²) >= 11 is 0. The minimum atomic E-state index is -0.0412. The van der Waals surface area contributed by atoms with Crippen molar-refractivity contribution in [2.45, 2.75) is 25.8 Å². The first-order valence-corrected chi connectivity index (χ1v) is 9.03. The topological polar surface area (TPSA) is 47.4 Å². The normalized spacial score (nSPS) is 13.0. The van der Waals surface area contributed by atoms with Crippen LogP contribution in [0.3, 0.4) is 0 Å². The van der Waals surface area contributed by atoms with Gasteiger partial charge in [-0.15, -0.1) is 0 Å². The zero-order chi connectivity index (χ0) is 18.1. The Bertz CT molecular complexity index is 961. The van der Waals surface area contributed by atoms with E-state index in [-0.39, 0.29) is 5.91 Å². The molecule has 0 radical (unpaired) electrons. The van der Waals surface area contributed by atoms with Gasteiger partial charge in [-0.1, -0.05) is 18.2 Å². The molecule has 0 saturated carbocycles. The van der Waals surface area contributed by atoms with Crippen LogP contribution in [0, 0.1) is 0 Å². The number of hydrogen-bond acceptors (Lipinski definition) is 3. The van der Waals surface area contributed by atoms with Gasteiger partial charge < -0.3 is 14.2 Å². The molecule has 5 heteroatoms. The van der Waals surface area contributed by atoms with Crippen LogP contribution in [0.4, 0.5) is 0 Å². The Kier molecular flexibility index (Phi) is 4.37. The Hall–Kier alpha value is -2.82. The van der Waals surface area contributed by atoms with Crippen molar-refractivity contribution in [3.8, 4) is 5.88 Å². The fourth-order valence-corrected chi connectivity index (χ4v) is 3.66. The summed E-state index contributed by atoms with van der Waals surface area (Å²) in [5.41, 5.74) is 4.00. The average Bonchev–Trinajstić information content (AvgIpc) is 3.30. The van der Waals surface area contributed by atoms with Crippen molar-refractivity contribution in [1.82, 2.24) is 14.5 Å². The van der Waals surface area contributed by atoms with Gasteiger partial charge in [0.15, 0.2) is 0 Å². The van der Waals surface area contributed by atoms with Gasteiger partial charge in [-0.25, -0.2) is 4.98 Å². The molecule has 1 aliphatic rings. The Balaban J connectivity index is 1.51. The van der Waals surface area contributed by atoms with Crippen molar-refractivity contribution in [2.24, 2.45) is 0 Å². The molecule has 0 spiro atoms. The van der Waals surface area contributed by atoms with Crippen molar-refractivity contribution in [3.63, 3.8) is 0 Å². The maximum Gasteiger partial charge on any atom is 0.259 e. The van der Waals surface area contributed by atoms with E-state index in [9.17, 15) is 4.79 Å². The van der Waals surface area contributed by atoms with E-state index < -0.39 is 0 Å². The zero-order valence-corrected chi connectivity index (χ0v) is 15.2. The second-order valence-electron chi connectivity index (χ2n) is 6.80. The Morgan fingerprint density at radius 1 is 1.27 bits per heavy atom. The molecule has 0 bridgehead atoms.